The largest absolute Gasteiger partial charge is 0.543 e. The van der Waals surface area contributed by atoms with Crippen molar-refractivity contribution < 1.29 is 18.7 Å². The summed E-state index contributed by atoms with van der Waals surface area (Å²) in [6, 6.07) is 0. The van der Waals surface area contributed by atoms with E-state index in [1.807, 2.05) is 0 Å². The molecule has 0 heterocycles. The Morgan fingerprint density at radius 1 is 1.62 bits per heavy atom. The SMILES string of the molecule is O=C([O-])C(F)(F)Cl.[Na]. The van der Waals surface area contributed by atoms with E-state index in [9.17, 15) is 8.78 Å². The first kappa shape index (κ1) is 11.4. The van der Waals surface area contributed by atoms with E-state index in [1.54, 1.807) is 0 Å². The Balaban J connectivity index is 0. The Labute approximate surface area is 71.1 Å². The zero-order valence-electron chi connectivity index (χ0n) is 3.95. The number of hydrogen-bond acceptors (Lipinski definition) is 2. The van der Waals surface area contributed by atoms with Crippen molar-refractivity contribution in [1.82, 2.24) is 0 Å². The maximum atomic E-state index is 10.9. The monoisotopic (exact) mass is 152 g/mol. The number of aliphatic carboxylic acids is 1. The van der Waals surface area contributed by atoms with E-state index in [1.165, 1.54) is 0 Å². The predicted octanol–water partition coefficient (Wildman–Crippen LogP) is -0.813. The molecule has 6 heteroatoms. The van der Waals surface area contributed by atoms with Crippen LogP contribution in [0, 0.1) is 0 Å². The van der Waals surface area contributed by atoms with Crippen molar-refractivity contribution in [3.05, 3.63) is 0 Å². The quantitative estimate of drug-likeness (QED) is 0.364. The van der Waals surface area contributed by atoms with E-state index in [0.29, 0.717) is 0 Å². The molecular weight excluding hydrogens is 152 g/mol. The van der Waals surface area contributed by atoms with Crippen LogP contribution in [0.1, 0.15) is 0 Å². The molecule has 0 rings (SSSR count). The average molecular weight is 152 g/mol. The Morgan fingerprint density at radius 3 is 1.75 bits per heavy atom. The van der Waals surface area contributed by atoms with Crippen LogP contribution >= 0.6 is 11.6 Å². The molecule has 0 aliphatic carbocycles. The van der Waals surface area contributed by atoms with Crippen LogP contribution in [0.2, 0.25) is 0 Å². The second kappa shape index (κ2) is 3.61. The molecule has 0 aliphatic rings. The van der Waals surface area contributed by atoms with Gasteiger partial charge in [0, 0.05) is 29.6 Å². The fraction of sp³-hybridized carbons (Fsp3) is 0.500. The van der Waals surface area contributed by atoms with Crippen molar-refractivity contribution in [2.24, 2.45) is 0 Å². The number of alkyl halides is 3. The van der Waals surface area contributed by atoms with Crippen LogP contribution in [-0.4, -0.2) is 40.9 Å². The molecule has 0 amide bonds. The second-order valence-electron chi connectivity index (χ2n) is 0.785. The zero-order chi connectivity index (χ0) is 6.08. The molecule has 1 radical (unpaired) electrons. The van der Waals surface area contributed by atoms with Gasteiger partial charge in [0.15, 0.2) is 0 Å². The summed E-state index contributed by atoms with van der Waals surface area (Å²) in [5, 5.41) is 4.81. The van der Waals surface area contributed by atoms with E-state index in [4.69, 9.17) is 9.90 Å². The molecule has 0 aliphatic heterocycles. The van der Waals surface area contributed by atoms with Crippen molar-refractivity contribution in [3.63, 3.8) is 0 Å². The third-order valence-electron chi connectivity index (χ3n) is 0.231. The number of hydrogen-bond donors (Lipinski definition) is 0. The number of carbonyl (C=O) groups is 1. The van der Waals surface area contributed by atoms with Gasteiger partial charge in [0.1, 0.15) is 5.97 Å². The topological polar surface area (TPSA) is 40.1 Å². The van der Waals surface area contributed by atoms with Gasteiger partial charge in [0.2, 0.25) is 0 Å². The maximum absolute atomic E-state index is 10.9. The van der Waals surface area contributed by atoms with Crippen LogP contribution in [0.3, 0.4) is 0 Å². The minimum atomic E-state index is -4.22. The minimum Gasteiger partial charge on any atom is -0.543 e. The van der Waals surface area contributed by atoms with E-state index in [0.717, 1.165) is 0 Å². The third kappa shape index (κ3) is 4.77. The summed E-state index contributed by atoms with van der Waals surface area (Å²) in [4.78, 5) is 9.03. The van der Waals surface area contributed by atoms with Gasteiger partial charge >= 0.3 is 5.38 Å². The van der Waals surface area contributed by atoms with Gasteiger partial charge in [-0.1, -0.05) is 0 Å². The van der Waals surface area contributed by atoms with Crippen LogP contribution in [0.15, 0.2) is 0 Å². The van der Waals surface area contributed by atoms with Crippen LogP contribution in [0.5, 0.6) is 0 Å². The van der Waals surface area contributed by atoms with Crippen molar-refractivity contribution >= 4 is 47.1 Å². The molecule has 0 N–H and O–H groups in total. The molecule has 0 aromatic carbocycles. The second-order valence-corrected chi connectivity index (χ2v) is 1.26. The summed E-state index contributed by atoms with van der Waals surface area (Å²) >= 11 is 3.87. The number of carbonyl (C=O) groups excluding carboxylic acids is 1. The minimum absolute atomic E-state index is 0. The van der Waals surface area contributed by atoms with E-state index in [2.05, 4.69) is 11.6 Å². The van der Waals surface area contributed by atoms with Crippen LogP contribution < -0.4 is 5.11 Å². The standard InChI is InChI=1S/C2HClF2O2.Na/c3-2(4,5)1(6)7;/h(H,6,7);/p-1. The van der Waals surface area contributed by atoms with Crippen LogP contribution in [0.4, 0.5) is 8.78 Å². The summed E-state index contributed by atoms with van der Waals surface area (Å²) in [6.45, 7) is 0. The molecule has 0 aromatic rings. The summed E-state index contributed by atoms with van der Waals surface area (Å²) in [5.41, 5.74) is 0. The Bertz CT molecular complexity index is 90.5. The van der Waals surface area contributed by atoms with E-state index >= 15 is 0 Å². The van der Waals surface area contributed by atoms with Gasteiger partial charge in [-0.05, 0) is 11.6 Å². The molecular formula is C2ClF2NaO2-. The first-order valence-corrected chi connectivity index (χ1v) is 1.60. The smallest absolute Gasteiger partial charge is 0.362 e. The van der Waals surface area contributed by atoms with Crippen molar-refractivity contribution in [3.8, 4) is 0 Å². The first-order valence-electron chi connectivity index (χ1n) is 1.23. The van der Waals surface area contributed by atoms with Gasteiger partial charge in [-0.15, -0.1) is 0 Å². The molecule has 2 nitrogen and oxygen atoms in total. The van der Waals surface area contributed by atoms with Gasteiger partial charge in [-0.2, -0.15) is 8.78 Å². The molecule has 0 unspecified atom stereocenters. The third-order valence-corrected chi connectivity index (χ3v) is 0.386. The zero-order valence-corrected chi connectivity index (χ0v) is 6.71. The summed E-state index contributed by atoms with van der Waals surface area (Å²) in [7, 11) is 0. The average Bonchev–Trinajstić information content (AvgIpc) is 1.31. The van der Waals surface area contributed by atoms with E-state index in [-0.39, 0.29) is 29.6 Å². The van der Waals surface area contributed by atoms with Crippen molar-refractivity contribution in [2.75, 3.05) is 0 Å². The Morgan fingerprint density at radius 2 is 1.75 bits per heavy atom. The maximum Gasteiger partial charge on any atom is 0.362 e. The Hall–Kier alpha value is 0.620. The fourth-order valence-corrected chi connectivity index (χ4v) is 0. The summed E-state index contributed by atoms with van der Waals surface area (Å²) in [5.74, 6) is -2.57. The number of rotatable bonds is 1. The number of carboxylic acid groups (broad SMARTS) is 1. The van der Waals surface area contributed by atoms with Gasteiger partial charge in [-0.3, -0.25) is 0 Å². The first-order chi connectivity index (χ1) is 2.94. The molecule has 8 heavy (non-hydrogen) atoms. The molecule has 0 saturated carbocycles. The van der Waals surface area contributed by atoms with E-state index < -0.39 is 11.4 Å². The van der Waals surface area contributed by atoms with Crippen molar-refractivity contribution in [2.45, 2.75) is 5.38 Å². The van der Waals surface area contributed by atoms with Crippen molar-refractivity contribution in [1.29, 1.82) is 0 Å². The van der Waals surface area contributed by atoms with Gasteiger partial charge in [-0.25, -0.2) is 0 Å². The van der Waals surface area contributed by atoms with Crippen LogP contribution in [0.25, 0.3) is 0 Å². The molecule has 0 spiro atoms. The predicted molar refractivity (Wildman–Crippen MR) is 21.6 cm³/mol. The van der Waals surface area contributed by atoms with Crippen LogP contribution in [-0.2, 0) is 4.79 Å². The molecule has 0 saturated heterocycles. The number of halogens is 3. The summed E-state index contributed by atoms with van der Waals surface area (Å²) in [6.07, 6.45) is 0. The molecule has 43 valence electrons. The van der Waals surface area contributed by atoms with Gasteiger partial charge < -0.3 is 9.90 Å². The molecule has 0 fully saturated rings. The van der Waals surface area contributed by atoms with Gasteiger partial charge in [0.05, 0.1) is 0 Å². The molecule has 0 bridgehead atoms. The molecule has 0 aromatic heterocycles. The molecule has 0 atom stereocenters. The summed E-state index contributed by atoms with van der Waals surface area (Å²) < 4.78 is 21.9. The number of carboxylic acids is 1. The van der Waals surface area contributed by atoms with Gasteiger partial charge in [0.25, 0.3) is 0 Å². The Kier molecular flexibility index (Phi) is 5.15. The fourth-order valence-electron chi connectivity index (χ4n) is 0. The normalized spacial score (nSPS) is 9.88.